The summed E-state index contributed by atoms with van der Waals surface area (Å²) in [6, 6.07) is 7.26. The van der Waals surface area contributed by atoms with E-state index in [-0.39, 0.29) is 5.43 Å². The monoisotopic (exact) mass is 340 g/mol. The third-order valence-corrected chi connectivity index (χ3v) is 4.39. The topological polar surface area (TPSA) is 57.9 Å². The lowest BCUT2D eigenvalue weighted by molar-refractivity contribution is 0.388. The summed E-state index contributed by atoms with van der Waals surface area (Å²) in [5.41, 5.74) is 3.10. The number of methoxy groups -OCH3 is 3. The maximum absolute atomic E-state index is 13.2. The fourth-order valence-corrected chi connectivity index (χ4v) is 3.16. The lowest BCUT2D eigenvalue weighted by Gasteiger charge is -2.16. The van der Waals surface area contributed by atoms with E-state index in [1.807, 2.05) is 26.0 Å². The van der Waals surface area contributed by atoms with Gasteiger partial charge in [-0.05, 0) is 31.5 Å². The number of rotatable bonds is 4. The van der Waals surface area contributed by atoms with Gasteiger partial charge in [-0.25, -0.2) is 0 Å². The molecule has 1 aromatic heterocycles. The van der Waals surface area contributed by atoms with E-state index < -0.39 is 0 Å². The maximum Gasteiger partial charge on any atom is 0.204 e. The van der Waals surface area contributed by atoms with Crippen molar-refractivity contribution in [3.63, 3.8) is 0 Å². The molecule has 3 rings (SSSR count). The zero-order valence-corrected chi connectivity index (χ0v) is 14.9. The molecule has 0 amide bonds. The van der Waals surface area contributed by atoms with Crippen LogP contribution in [-0.2, 0) is 0 Å². The summed E-state index contributed by atoms with van der Waals surface area (Å²) in [6.45, 7) is 3.73. The first-order valence-electron chi connectivity index (χ1n) is 7.84. The minimum Gasteiger partial charge on any atom is -0.497 e. The van der Waals surface area contributed by atoms with Gasteiger partial charge < -0.3 is 18.6 Å². The van der Waals surface area contributed by atoms with E-state index in [1.54, 1.807) is 26.4 Å². The smallest absolute Gasteiger partial charge is 0.204 e. The molecule has 0 N–H and O–H groups in total. The van der Waals surface area contributed by atoms with Gasteiger partial charge in [0.25, 0.3) is 0 Å². The van der Waals surface area contributed by atoms with Crippen molar-refractivity contribution in [2.45, 2.75) is 13.8 Å². The minimum atomic E-state index is -0.142. The van der Waals surface area contributed by atoms with E-state index in [0.717, 1.165) is 22.4 Å². The molecule has 25 heavy (non-hydrogen) atoms. The van der Waals surface area contributed by atoms with E-state index in [4.69, 9.17) is 18.6 Å². The fourth-order valence-electron chi connectivity index (χ4n) is 3.16. The maximum atomic E-state index is 13.2. The predicted molar refractivity (Wildman–Crippen MR) is 97.1 cm³/mol. The molecule has 0 unspecified atom stereocenters. The van der Waals surface area contributed by atoms with E-state index in [2.05, 4.69) is 0 Å². The lowest BCUT2D eigenvalue weighted by atomic mass is 10.0. The van der Waals surface area contributed by atoms with Crippen molar-refractivity contribution in [3.05, 3.63) is 51.9 Å². The van der Waals surface area contributed by atoms with Gasteiger partial charge >= 0.3 is 0 Å². The van der Waals surface area contributed by atoms with Crippen LogP contribution in [0.1, 0.15) is 11.1 Å². The number of benzene rings is 2. The summed E-state index contributed by atoms with van der Waals surface area (Å²) in [5.74, 6) is 1.86. The van der Waals surface area contributed by atoms with Gasteiger partial charge in [0, 0.05) is 11.1 Å². The quantitative estimate of drug-likeness (QED) is 0.715. The van der Waals surface area contributed by atoms with Crippen LogP contribution in [-0.4, -0.2) is 21.3 Å². The zero-order chi connectivity index (χ0) is 18.1. The molecule has 0 fully saturated rings. The summed E-state index contributed by atoms with van der Waals surface area (Å²) in [7, 11) is 4.73. The van der Waals surface area contributed by atoms with Gasteiger partial charge in [0.05, 0.1) is 26.9 Å². The SMILES string of the molecule is COc1ccc(-c2coc3c(C)c(OC)c(C)c(OC)c3c2=O)cc1. The van der Waals surface area contributed by atoms with E-state index in [1.165, 1.54) is 13.4 Å². The van der Waals surface area contributed by atoms with Crippen molar-refractivity contribution >= 4 is 11.0 Å². The molecule has 130 valence electrons. The van der Waals surface area contributed by atoms with Crippen LogP contribution in [0.5, 0.6) is 17.2 Å². The van der Waals surface area contributed by atoms with Crippen LogP contribution in [0.3, 0.4) is 0 Å². The van der Waals surface area contributed by atoms with Crippen LogP contribution in [0, 0.1) is 13.8 Å². The van der Waals surface area contributed by atoms with Crippen molar-refractivity contribution in [1.82, 2.24) is 0 Å². The summed E-state index contributed by atoms with van der Waals surface area (Å²) < 4.78 is 21.9. The molecule has 3 aromatic rings. The highest BCUT2D eigenvalue weighted by Crippen LogP contribution is 2.39. The Morgan fingerprint density at radius 3 is 2.04 bits per heavy atom. The van der Waals surface area contributed by atoms with Crippen molar-refractivity contribution in [1.29, 1.82) is 0 Å². The minimum absolute atomic E-state index is 0.142. The van der Waals surface area contributed by atoms with Crippen LogP contribution in [0.4, 0.5) is 0 Å². The molecule has 5 nitrogen and oxygen atoms in total. The van der Waals surface area contributed by atoms with Crippen molar-refractivity contribution in [2.75, 3.05) is 21.3 Å². The number of aryl methyl sites for hydroxylation is 1. The predicted octanol–water partition coefficient (Wildman–Crippen LogP) is 4.10. The highest BCUT2D eigenvalue weighted by molar-refractivity contribution is 5.92. The molecule has 2 aromatic carbocycles. The molecule has 0 atom stereocenters. The summed E-state index contributed by atoms with van der Waals surface area (Å²) in [4.78, 5) is 13.2. The first kappa shape index (κ1) is 16.9. The van der Waals surface area contributed by atoms with E-state index in [9.17, 15) is 4.79 Å². The van der Waals surface area contributed by atoms with E-state index in [0.29, 0.717) is 28.0 Å². The van der Waals surface area contributed by atoms with Crippen LogP contribution >= 0.6 is 0 Å². The van der Waals surface area contributed by atoms with E-state index >= 15 is 0 Å². The Morgan fingerprint density at radius 2 is 1.48 bits per heavy atom. The Kier molecular flexibility index (Phi) is 4.40. The molecule has 0 bridgehead atoms. The molecule has 0 saturated carbocycles. The molecule has 0 aliphatic rings. The molecule has 0 saturated heterocycles. The number of hydrogen-bond acceptors (Lipinski definition) is 5. The molecule has 1 heterocycles. The van der Waals surface area contributed by atoms with Gasteiger partial charge in [-0.1, -0.05) is 12.1 Å². The number of hydrogen-bond donors (Lipinski definition) is 0. The van der Waals surface area contributed by atoms with Crippen LogP contribution in [0.25, 0.3) is 22.1 Å². The van der Waals surface area contributed by atoms with Crippen molar-refractivity contribution in [2.24, 2.45) is 0 Å². The average Bonchev–Trinajstić information content (AvgIpc) is 2.63. The summed E-state index contributed by atoms with van der Waals surface area (Å²) in [5, 5.41) is 0.423. The standard InChI is InChI=1S/C20H20O5/c1-11-18(23-4)12(2)20-16(19(11)24-5)17(21)15(10-25-20)13-6-8-14(22-3)9-7-13/h6-10H,1-5H3. The van der Waals surface area contributed by atoms with Crippen LogP contribution in [0.15, 0.2) is 39.7 Å². The first-order valence-corrected chi connectivity index (χ1v) is 7.84. The molecule has 0 radical (unpaired) electrons. The normalized spacial score (nSPS) is 10.8. The first-order chi connectivity index (χ1) is 12.0. The second kappa shape index (κ2) is 6.51. The Balaban J connectivity index is 2.35. The summed E-state index contributed by atoms with van der Waals surface area (Å²) >= 11 is 0. The van der Waals surface area contributed by atoms with Crippen LogP contribution in [0.2, 0.25) is 0 Å². The average molecular weight is 340 g/mol. The van der Waals surface area contributed by atoms with Crippen molar-refractivity contribution < 1.29 is 18.6 Å². The highest BCUT2D eigenvalue weighted by atomic mass is 16.5. The van der Waals surface area contributed by atoms with Crippen LogP contribution < -0.4 is 19.6 Å². The number of ether oxygens (including phenoxy) is 3. The highest BCUT2D eigenvalue weighted by Gasteiger charge is 2.21. The Morgan fingerprint density at radius 1 is 0.840 bits per heavy atom. The lowest BCUT2D eigenvalue weighted by Crippen LogP contribution is -2.09. The molecular weight excluding hydrogens is 320 g/mol. The molecule has 0 aliphatic carbocycles. The van der Waals surface area contributed by atoms with Gasteiger partial charge in [0.15, 0.2) is 0 Å². The van der Waals surface area contributed by atoms with Gasteiger partial charge in [0.1, 0.15) is 34.5 Å². The molecular formula is C20H20O5. The zero-order valence-electron chi connectivity index (χ0n) is 14.9. The van der Waals surface area contributed by atoms with Crippen molar-refractivity contribution in [3.8, 4) is 28.4 Å². The largest absolute Gasteiger partial charge is 0.497 e. The Hall–Kier alpha value is -2.95. The Labute approximate surface area is 145 Å². The number of fused-ring (bicyclic) bond motifs is 1. The fraction of sp³-hybridized carbons (Fsp3) is 0.250. The van der Waals surface area contributed by atoms with Gasteiger partial charge in [-0.15, -0.1) is 0 Å². The second-order valence-corrected chi connectivity index (χ2v) is 5.73. The second-order valence-electron chi connectivity index (χ2n) is 5.73. The van der Waals surface area contributed by atoms with Gasteiger partial charge in [0.2, 0.25) is 5.43 Å². The Bertz CT molecular complexity index is 984. The summed E-state index contributed by atoms with van der Waals surface area (Å²) in [6.07, 6.45) is 1.48. The van der Waals surface area contributed by atoms with Gasteiger partial charge in [-0.3, -0.25) is 4.79 Å². The third-order valence-electron chi connectivity index (χ3n) is 4.39. The molecule has 0 aliphatic heterocycles. The van der Waals surface area contributed by atoms with Gasteiger partial charge in [-0.2, -0.15) is 0 Å². The third kappa shape index (κ3) is 2.61. The molecule has 5 heteroatoms. The molecule has 0 spiro atoms.